The first-order valence-corrected chi connectivity index (χ1v) is 6.28. The fraction of sp³-hybridized carbons (Fsp3) is 0.556. The van der Waals surface area contributed by atoms with E-state index in [1.54, 1.807) is 23.9 Å². The van der Waals surface area contributed by atoms with Gasteiger partial charge in [0.2, 0.25) is 0 Å². The molecule has 2 N–H and O–H groups in total. The average molecular weight is 248 g/mol. The van der Waals surface area contributed by atoms with Gasteiger partial charge in [0, 0.05) is 18.9 Å². The van der Waals surface area contributed by atoms with E-state index in [9.17, 15) is 0 Å². The van der Waals surface area contributed by atoms with Crippen LogP contribution in [0.15, 0.2) is 12.1 Å². The normalized spacial score (nSPS) is 10.3. The van der Waals surface area contributed by atoms with Gasteiger partial charge in [-0.1, -0.05) is 11.6 Å². The smallest absolute Gasteiger partial charge is 0.151 e. The van der Waals surface area contributed by atoms with Gasteiger partial charge in [0.05, 0.1) is 0 Å². The Balaban J connectivity index is 2.07. The van der Waals surface area contributed by atoms with Crippen molar-refractivity contribution in [2.45, 2.75) is 6.42 Å². The maximum Gasteiger partial charge on any atom is 0.151 e. The molecule has 1 aromatic rings. The minimum Gasteiger partial charge on any atom is -0.396 e. The van der Waals surface area contributed by atoms with Crippen molar-refractivity contribution in [2.75, 3.05) is 30.0 Å². The molecule has 84 valence electrons. The summed E-state index contributed by atoms with van der Waals surface area (Å²) in [5, 5.41) is 19.7. The van der Waals surface area contributed by atoms with Gasteiger partial charge in [0.25, 0.3) is 0 Å². The first-order valence-electron chi connectivity index (χ1n) is 4.74. The van der Waals surface area contributed by atoms with Crippen molar-refractivity contribution in [3.63, 3.8) is 0 Å². The van der Waals surface area contributed by atoms with Crippen LogP contribution in [0.3, 0.4) is 0 Å². The molecule has 0 aliphatic rings. The Kier molecular flexibility index (Phi) is 6.47. The number of aromatic nitrogens is 2. The van der Waals surface area contributed by atoms with E-state index in [2.05, 4.69) is 15.5 Å². The topological polar surface area (TPSA) is 58.0 Å². The summed E-state index contributed by atoms with van der Waals surface area (Å²) in [5.41, 5.74) is 0. The van der Waals surface area contributed by atoms with Crippen molar-refractivity contribution in [2.24, 2.45) is 0 Å². The molecule has 0 spiro atoms. The zero-order valence-corrected chi connectivity index (χ0v) is 9.89. The summed E-state index contributed by atoms with van der Waals surface area (Å²) in [5.74, 6) is 2.72. The van der Waals surface area contributed by atoms with E-state index in [1.165, 1.54) is 0 Å². The zero-order chi connectivity index (χ0) is 10.9. The summed E-state index contributed by atoms with van der Waals surface area (Å²) in [7, 11) is 0. The molecule has 15 heavy (non-hydrogen) atoms. The molecule has 0 aliphatic heterocycles. The highest BCUT2D eigenvalue weighted by Gasteiger charge is 1.94. The number of nitrogens with one attached hydrogen (secondary N) is 1. The Morgan fingerprint density at radius 1 is 1.33 bits per heavy atom. The van der Waals surface area contributed by atoms with Crippen LogP contribution in [0.2, 0.25) is 5.15 Å². The zero-order valence-electron chi connectivity index (χ0n) is 8.32. The maximum atomic E-state index is 8.57. The quantitative estimate of drug-likeness (QED) is 0.718. The van der Waals surface area contributed by atoms with E-state index >= 15 is 0 Å². The second-order valence-electron chi connectivity index (χ2n) is 2.86. The number of aliphatic hydroxyl groups is 1. The fourth-order valence-corrected chi connectivity index (χ4v) is 1.81. The summed E-state index contributed by atoms with van der Waals surface area (Å²) in [6.07, 6.45) is 0.853. The molecule has 0 unspecified atom stereocenters. The molecule has 0 atom stereocenters. The first-order chi connectivity index (χ1) is 7.33. The van der Waals surface area contributed by atoms with E-state index in [-0.39, 0.29) is 6.61 Å². The molecule has 0 radical (unpaired) electrons. The Hall–Kier alpha value is -0.520. The molecule has 4 nitrogen and oxygen atoms in total. The van der Waals surface area contributed by atoms with Gasteiger partial charge >= 0.3 is 0 Å². The second kappa shape index (κ2) is 7.73. The predicted molar refractivity (Wildman–Crippen MR) is 64.6 cm³/mol. The number of hydrogen-bond acceptors (Lipinski definition) is 5. The van der Waals surface area contributed by atoms with Gasteiger partial charge in [-0.2, -0.15) is 11.8 Å². The number of halogens is 1. The molecule has 0 saturated carbocycles. The van der Waals surface area contributed by atoms with Crippen molar-refractivity contribution in [3.8, 4) is 0 Å². The third-order valence-electron chi connectivity index (χ3n) is 1.63. The SMILES string of the molecule is OCCCSCCNc1ccc(Cl)nn1. The lowest BCUT2D eigenvalue weighted by atomic mass is 10.5. The number of anilines is 1. The van der Waals surface area contributed by atoms with Crippen LogP contribution in [0.5, 0.6) is 0 Å². The highest BCUT2D eigenvalue weighted by atomic mass is 35.5. The Labute approximate surface area is 98.4 Å². The number of rotatable bonds is 7. The summed E-state index contributed by atoms with van der Waals surface area (Å²) >= 11 is 7.40. The van der Waals surface area contributed by atoms with Gasteiger partial charge in [0.15, 0.2) is 5.15 Å². The van der Waals surface area contributed by atoms with Gasteiger partial charge in [-0.05, 0) is 24.3 Å². The largest absolute Gasteiger partial charge is 0.396 e. The van der Waals surface area contributed by atoms with Crippen molar-refractivity contribution in [1.82, 2.24) is 10.2 Å². The predicted octanol–water partition coefficient (Wildman–Crippen LogP) is 1.66. The molecule has 0 aliphatic carbocycles. The number of hydrogen-bond donors (Lipinski definition) is 2. The third-order valence-corrected chi connectivity index (χ3v) is 2.90. The van der Waals surface area contributed by atoms with Crippen LogP contribution < -0.4 is 5.32 Å². The van der Waals surface area contributed by atoms with E-state index in [4.69, 9.17) is 16.7 Å². The van der Waals surface area contributed by atoms with Crippen LogP contribution in [0.4, 0.5) is 5.82 Å². The van der Waals surface area contributed by atoms with Crippen LogP contribution in [-0.4, -0.2) is 40.0 Å². The summed E-state index contributed by atoms with van der Waals surface area (Å²) < 4.78 is 0. The van der Waals surface area contributed by atoms with Crippen molar-refractivity contribution in [1.29, 1.82) is 0 Å². The Morgan fingerprint density at radius 2 is 2.20 bits per heavy atom. The highest BCUT2D eigenvalue weighted by Crippen LogP contribution is 2.06. The number of thioether (sulfide) groups is 1. The molecule has 0 saturated heterocycles. The molecular weight excluding hydrogens is 234 g/mol. The second-order valence-corrected chi connectivity index (χ2v) is 4.47. The maximum absolute atomic E-state index is 8.57. The standard InChI is InChI=1S/C9H14ClN3OS/c10-8-2-3-9(13-12-8)11-4-7-15-6-1-5-14/h2-3,14H,1,4-7H2,(H,11,13). The molecule has 0 fully saturated rings. The summed E-state index contributed by atoms with van der Waals surface area (Å²) in [4.78, 5) is 0. The van der Waals surface area contributed by atoms with E-state index in [1.807, 2.05) is 0 Å². The third kappa shape index (κ3) is 5.81. The average Bonchev–Trinajstić information content (AvgIpc) is 2.26. The van der Waals surface area contributed by atoms with Gasteiger partial charge in [-0.25, -0.2) is 0 Å². The molecule has 0 bridgehead atoms. The van der Waals surface area contributed by atoms with E-state index in [0.29, 0.717) is 5.15 Å². The van der Waals surface area contributed by atoms with Crippen LogP contribution in [-0.2, 0) is 0 Å². The first kappa shape index (κ1) is 12.5. The highest BCUT2D eigenvalue weighted by molar-refractivity contribution is 7.99. The lowest BCUT2D eigenvalue weighted by molar-refractivity contribution is 0.296. The number of aliphatic hydroxyl groups excluding tert-OH is 1. The van der Waals surface area contributed by atoms with Gasteiger partial charge in [-0.3, -0.25) is 0 Å². The van der Waals surface area contributed by atoms with Crippen LogP contribution in [0, 0.1) is 0 Å². The fourth-order valence-electron chi connectivity index (χ4n) is 0.930. The number of nitrogens with zero attached hydrogens (tertiary/aromatic N) is 2. The Morgan fingerprint density at radius 3 is 2.87 bits per heavy atom. The molecule has 6 heteroatoms. The molecule has 1 aromatic heterocycles. The molecule has 1 rings (SSSR count). The van der Waals surface area contributed by atoms with Crippen LogP contribution in [0.1, 0.15) is 6.42 Å². The van der Waals surface area contributed by atoms with Crippen LogP contribution in [0.25, 0.3) is 0 Å². The van der Waals surface area contributed by atoms with Gasteiger partial charge in [-0.15, -0.1) is 10.2 Å². The monoisotopic (exact) mass is 247 g/mol. The minimum absolute atomic E-state index is 0.267. The summed E-state index contributed by atoms with van der Waals surface area (Å²) in [6, 6.07) is 3.50. The molecule has 1 heterocycles. The van der Waals surface area contributed by atoms with Gasteiger partial charge in [0.1, 0.15) is 5.82 Å². The molecule has 0 amide bonds. The molecular formula is C9H14ClN3OS. The van der Waals surface area contributed by atoms with Crippen LogP contribution >= 0.6 is 23.4 Å². The van der Waals surface area contributed by atoms with Crippen molar-refractivity contribution >= 4 is 29.2 Å². The lowest BCUT2D eigenvalue weighted by Crippen LogP contribution is -2.06. The van der Waals surface area contributed by atoms with Crippen molar-refractivity contribution in [3.05, 3.63) is 17.3 Å². The summed E-state index contributed by atoms with van der Waals surface area (Å²) in [6.45, 7) is 1.11. The Bertz CT molecular complexity index is 271. The van der Waals surface area contributed by atoms with Crippen molar-refractivity contribution < 1.29 is 5.11 Å². The minimum atomic E-state index is 0.267. The lowest BCUT2D eigenvalue weighted by Gasteiger charge is -2.03. The van der Waals surface area contributed by atoms with Gasteiger partial charge < -0.3 is 10.4 Å². The molecule has 0 aromatic carbocycles. The van der Waals surface area contributed by atoms with E-state index < -0.39 is 0 Å². The van der Waals surface area contributed by atoms with E-state index in [0.717, 1.165) is 30.3 Å².